The maximum absolute atomic E-state index is 9.38. The van der Waals surface area contributed by atoms with Crippen molar-refractivity contribution in [2.45, 2.75) is 50.2 Å². The van der Waals surface area contributed by atoms with Crippen LogP contribution in [0.4, 0.5) is 0 Å². The number of nitrogens with one attached hydrogen (secondary N) is 1. The zero-order valence-corrected chi connectivity index (χ0v) is 8.20. The molecule has 0 radical (unpaired) electrons. The Morgan fingerprint density at radius 3 is 2.33 bits per heavy atom. The van der Waals surface area contributed by atoms with Gasteiger partial charge in [0.25, 0.3) is 0 Å². The Hall–Kier alpha value is 0.210. The highest BCUT2D eigenvalue weighted by Crippen LogP contribution is 2.34. The zero-order valence-electron chi connectivity index (χ0n) is 7.38. The van der Waals surface area contributed by atoms with Gasteiger partial charge >= 0.3 is 0 Å². The van der Waals surface area contributed by atoms with E-state index in [-0.39, 0.29) is 18.5 Å². The van der Waals surface area contributed by atoms with Crippen LogP contribution < -0.4 is 5.32 Å². The van der Waals surface area contributed by atoms with Crippen molar-refractivity contribution in [3.05, 3.63) is 0 Å². The molecule has 2 nitrogen and oxygen atoms in total. The number of hydrogen-bond acceptors (Lipinski definition) is 2. The second-order valence-electron chi connectivity index (χ2n) is 4.08. The van der Waals surface area contributed by atoms with Crippen molar-refractivity contribution in [3.8, 4) is 0 Å². The highest BCUT2D eigenvalue weighted by Gasteiger charge is 2.38. The predicted octanol–water partition coefficient (Wildman–Crippen LogP) is 1.47. The van der Waals surface area contributed by atoms with E-state index in [9.17, 15) is 5.11 Å². The van der Waals surface area contributed by atoms with Gasteiger partial charge < -0.3 is 10.4 Å². The van der Waals surface area contributed by atoms with Crippen LogP contribution in [-0.2, 0) is 0 Å². The van der Waals surface area contributed by atoms with Gasteiger partial charge in [-0.2, -0.15) is 0 Å². The average Bonchev–Trinajstić information content (AvgIpc) is 2.34. The van der Waals surface area contributed by atoms with Gasteiger partial charge in [-0.1, -0.05) is 19.3 Å². The lowest BCUT2D eigenvalue weighted by Crippen LogP contribution is -2.41. The summed E-state index contributed by atoms with van der Waals surface area (Å²) in [6.45, 7) is 0.819. The minimum atomic E-state index is -0.0758. The van der Waals surface area contributed by atoms with Gasteiger partial charge in [0.05, 0.1) is 6.10 Å². The van der Waals surface area contributed by atoms with E-state index in [0.717, 1.165) is 13.0 Å². The molecule has 0 aromatic rings. The molecule has 2 rings (SSSR count). The first kappa shape index (κ1) is 10.3. The summed E-state index contributed by atoms with van der Waals surface area (Å²) in [5.41, 5.74) is 0.345. The lowest BCUT2D eigenvalue weighted by Gasteiger charge is -2.33. The van der Waals surface area contributed by atoms with Crippen LogP contribution in [0.2, 0.25) is 0 Å². The number of rotatable bonds is 0. The fourth-order valence-electron chi connectivity index (χ4n) is 2.54. The highest BCUT2D eigenvalue weighted by molar-refractivity contribution is 5.85. The van der Waals surface area contributed by atoms with Gasteiger partial charge in [0, 0.05) is 12.1 Å². The summed E-state index contributed by atoms with van der Waals surface area (Å²) in [6.07, 6.45) is 7.56. The zero-order chi connectivity index (χ0) is 7.73. The van der Waals surface area contributed by atoms with E-state index in [1.807, 2.05) is 0 Å². The SMILES string of the molecule is Cl.OC1CNC2(CCCCC2)C1. The van der Waals surface area contributed by atoms with Gasteiger partial charge in [-0.25, -0.2) is 0 Å². The topological polar surface area (TPSA) is 32.3 Å². The van der Waals surface area contributed by atoms with E-state index >= 15 is 0 Å². The van der Waals surface area contributed by atoms with Crippen LogP contribution in [0.1, 0.15) is 38.5 Å². The Labute approximate surface area is 80.1 Å². The Morgan fingerprint density at radius 2 is 1.83 bits per heavy atom. The summed E-state index contributed by atoms with van der Waals surface area (Å²) in [5.74, 6) is 0. The lowest BCUT2D eigenvalue weighted by atomic mass is 9.80. The van der Waals surface area contributed by atoms with Gasteiger partial charge in [0.1, 0.15) is 0 Å². The molecule has 0 aromatic carbocycles. The molecule has 3 heteroatoms. The van der Waals surface area contributed by atoms with Crippen molar-refractivity contribution >= 4 is 12.4 Å². The van der Waals surface area contributed by atoms with Gasteiger partial charge in [0.2, 0.25) is 0 Å². The first-order chi connectivity index (χ1) is 5.31. The highest BCUT2D eigenvalue weighted by atomic mass is 35.5. The van der Waals surface area contributed by atoms with Crippen LogP contribution in [-0.4, -0.2) is 23.3 Å². The predicted molar refractivity (Wildman–Crippen MR) is 51.7 cm³/mol. The molecule has 1 atom stereocenters. The molecular formula is C9H18ClNO. The molecule has 1 unspecified atom stereocenters. The molecule has 1 saturated carbocycles. The molecule has 1 aliphatic heterocycles. The molecule has 1 saturated heterocycles. The number of β-amino-alcohol motifs (C(OH)–C–C–N with tert-alkyl or cyclic N) is 1. The number of aliphatic hydroxyl groups is 1. The quantitative estimate of drug-likeness (QED) is 0.608. The smallest absolute Gasteiger partial charge is 0.0682 e. The normalized spacial score (nSPS) is 33.2. The van der Waals surface area contributed by atoms with Crippen molar-refractivity contribution in [2.75, 3.05) is 6.54 Å². The molecule has 1 spiro atoms. The number of hydrogen-bond donors (Lipinski definition) is 2. The van der Waals surface area contributed by atoms with Gasteiger partial charge in [0.15, 0.2) is 0 Å². The third-order valence-corrected chi connectivity index (χ3v) is 3.15. The summed E-state index contributed by atoms with van der Waals surface area (Å²) in [7, 11) is 0. The first-order valence-corrected chi connectivity index (χ1v) is 4.74. The Morgan fingerprint density at radius 1 is 1.17 bits per heavy atom. The van der Waals surface area contributed by atoms with E-state index in [0.29, 0.717) is 5.54 Å². The molecule has 2 aliphatic rings. The summed E-state index contributed by atoms with van der Waals surface area (Å²) in [6, 6.07) is 0. The largest absolute Gasteiger partial charge is 0.392 e. The Bertz CT molecular complexity index is 140. The van der Waals surface area contributed by atoms with Crippen LogP contribution >= 0.6 is 12.4 Å². The summed E-state index contributed by atoms with van der Waals surface area (Å²) >= 11 is 0. The second kappa shape index (κ2) is 3.95. The summed E-state index contributed by atoms with van der Waals surface area (Å²) in [5, 5.41) is 12.9. The van der Waals surface area contributed by atoms with Gasteiger partial charge in [-0.3, -0.25) is 0 Å². The van der Waals surface area contributed by atoms with Crippen molar-refractivity contribution in [1.29, 1.82) is 0 Å². The van der Waals surface area contributed by atoms with Crippen LogP contribution in [0, 0.1) is 0 Å². The molecule has 0 bridgehead atoms. The molecule has 72 valence electrons. The minimum Gasteiger partial charge on any atom is -0.392 e. The number of halogens is 1. The fourth-order valence-corrected chi connectivity index (χ4v) is 2.54. The minimum absolute atomic E-state index is 0. The van der Waals surface area contributed by atoms with Crippen molar-refractivity contribution < 1.29 is 5.11 Å². The fraction of sp³-hybridized carbons (Fsp3) is 1.00. The molecule has 0 aromatic heterocycles. The molecule has 0 amide bonds. The summed E-state index contributed by atoms with van der Waals surface area (Å²) in [4.78, 5) is 0. The number of aliphatic hydroxyl groups excluding tert-OH is 1. The van der Waals surface area contributed by atoms with Gasteiger partial charge in [-0.05, 0) is 19.3 Å². The van der Waals surface area contributed by atoms with Crippen molar-refractivity contribution in [2.24, 2.45) is 0 Å². The third kappa shape index (κ3) is 1.93. The van der Waals surface area contributed by atoms with E-state index in [1.165, 1.54) is 32.1 Å². The van der Waals surface area contributed by atoms with Crippen LogP contribution in [0.15, 0.2) is 0 Å². The van der Waals surface area contributed by atoms with Crippen LogP contribution in [0.3, 0.4) is 0 Å². The molecule has 2 fully saturated rings. The monoisotopic (exact) mass is 191 g/mol. The molecule has 12 heavy (non-hydrogen) atoms. The second-order valence-corrected chi connectivity index (χ2v) is 4.08. The average molecular weight is 192 g/mol. The summed E-state index contributed by atoms with van der Waals surface area (Å²) < 4.78 is 0. The maximum atomic E-state index is 9.38. The van der Waals surface area contributed by atoms with E-state index in [1.54, 1.807) is 0 Å². The lowest BCUT2D eigenvalue weighted by molar-refractivity contribution is 0.172. The Kier molecular flexibility index (Phi) is 3.38. The van der Waals surface area contributed by atoms with E-state index in [2.05, 4.69) is 5.32 Å². The van der Waals surface area contributed by atoms with Crippen LogP contribution in [0.5, 0.6) is 0 Å². The Balaban J connectivity index is 0.000000720. The standard InChI is InChI=1S/C9H17NO.ClH/c11-8-6-9(10-7-8)4-2-1-3-5-9;/h8,10-11H,1-7H2;1H. The first-order valence-electron chi connectivity index (χ1n) is 4.74. The van der Waals surface area contributed by atoms with Crippen LogP contribution in [0.25, 0.3) is 0 Å². The molecular weight excluding hydrogens is 174 g/mol. The van der Waals surface area contributed by atoms with E-state index < -0.39 is 0 Å². The molecule has 1 aliphatic carbocycles. The van der Waals surface area contributed by atoms with Gasteiger partial charge in [-0.15, -0.1) is 12.4 Å². The van der Waals surface area contributed by atoms with Crippen molar-refractivity contribution in [3.63, 3.8) is 0 Å². The van der Waals surface area contributed by atoms with E-state index in [4.69, 9.17) is 0 Å². The van der Waals surface area contributed by atoms with Crippen molar-refractivity contribution in [1.82, 2.24) is 5.32 Å². The molecule has 2 N–H and O–H groups in total. The maximum Gasteiger partial charge on any atom is 0.0682 e. The third-order valence-electron chi connectivity index (χ3n) is 3.15. The molecule has 1 heterocycles.